The quantitative estimate of drug-likeness (QED) is 0.610. The SMILES string of the molecule is O=CN(c1scc(-c2ccc(Cl)cc2)c1C(=O)O)C1Cc2ccccc2N1. The van der Waals surface area contributed by atoms with Crippen LogP contribution in [0.3, 0.4) is 0 Å². The van der Waals surface area contributed by atoms with Crippen LogP contribution in [0.2, 0.25) is 5.02 Å². The first-order valence-corrected chi connectivity index (χ1v) is 9.53. The van der Waals surface area contributed by atoms with E-state index in [9.17, 15) is 14.7 Å². The van der Waals surface area contributed by atoms with Crippen LogP contribution >= 0.6 is 22.9 Å². The lowest BCUT2D eigenvalue weighted by Crippen LogP contribution is -2.39. The van der Waals surface area contributed by atoms with Crippen molar-refractivity contribution >= 4 is 46.0 Å². The summed E-state index contributed by atoms with van der Waals surface area (Å²) in [6.45, 7) is 0. The number of carbonyl (C=O) groups is 2. The molecule has 2 heterocycles. The van der Waals surface area contributed by atoms with E-state index in [1.165, 1.54) is 16.2 Å². The maximum atomic E-state index is 12.0. The number of thiophene rings is 1. The Balaban J connectivity index is 1.73. The molecule has 0 bridgehead atoms. The van der Waals surface area contributed by atoms with Crippen molar-refractivity contribution in [2.45, 2.75) is 12.6 Å². The third-order valence-electron chi connectivity index (χ3n) is 4.58. The number of nitrogens with zero attached hydrogens (tertiary/aromatic N) is 1. The highest BCUT2D eigenvalue weighted by atomic mass is 35.5. The van der Waals surface area contributed by atoms with Gasteiger partial charge in [0.2, 0.25) is 6.41 Å². The molecule has 136 valence electrons. The lowest BCUT2D eigenvalue weighted by molar-refractivity contribution is -0.107. The molecule has 1 unspecified atom stereocenters. The fourth-order valence-electron chi connectivity index (χ4n) is 3.29. The minimum atomic E-state index is -1.07. The van der Waals surface area contributed by atoms with Crippen LogP contribution in [0.4, 0.5) is 10.7 Å². The predicted octanol–water partition coefficient (Wildman–Crippen LogP) is 4.72. The Labute approximate surface area is 164 Å². The number of anilines is 2. The van der Waals surface area contributed by atoms with Gasteiger partial charge in [0.05, 0.1) is 0 Å². The third kappa shape index (κ3) is 3.18. The second-order valence-electron chi connectivity index (χ2n) is 6.18. The number of benzene rings is 2. The molecular weight excluding hydrogens is 384 g/mol. The molecule has 1 aliphatic heterocycles. The van der Waals surface area contributed by atoms with Crippen molar-refractivity contribution in [2.24, 2.45) is 0 Å². The zero-order chi connectivity index (χ0) is 19.0. The van der Waals surface area contributed by atoms with Crippen LogP contribution < -0.4 is 10.2 Å². The van der Waals surface area contributed by atoms with Crippen LogP contribution in [0, 0.1) is 0 Å². The monoisotopic (exact) mass is 398 g/mol. The van der Waals surface area contributed by atoms with Gasteiger partial charge in [-0.15, -0.1) is 11.3 Å². The van der Waals surface area contributed by atoms with Gasteiger partial charge in [-0.3, -0.25) is 9.69 Å². The number of para-hydroxylation sites is 1. The smallest absolute Gasteiger partial charge is 0.339 e. The van der Waals surface area contributed by atoms with Gasteiger partial charge in [-0.25, -0.2) is 4.79 Å². The summed E-state index contributed by atoms with van der Waals surface area (Å²) in [6.07, 6.45) is 0.977. The zero-order valence-corrected chi connectivity index (χ0v) is 15.6. The van der Waals surface area contributed by atoms with Crippen molar-refractivity contribution in [1.29, 1.82) is 0 Å². The van der Waals surface area contributed by atoms with Crippen LogP contribution in [-0.2, 0) is 11.2 Å². The molecule has 7 heteroatoms. The largest absolute Gasteiger partial charge is 0.478 e. The van der Waals surface area contributed by atoms with Gasteiger partial charge >= 0.3 is 5.97 Å². The number of amides is 1. The molecule has 2 N–H and O–H groups in total. The van der Waals surface area contributed by atoms with Gasteiger partial charge in [0, 0.05) is 28.1 Å². The highest BCUT2D eigenvalue weighted by molar-refractivity contribution is 7.15. The number of fused-ring (bicyclic) bond motifs is 1. The van der Waals surface area contributed by atoms with Gasteiger partial charge in [0.15, 0.2) is 0 Å². The number of carbonyl (C=O) groups excluding carboxylic acids is 1. The van der Waals surface area contributed by atoms with Gasteiger partial charge in [-0.2, -0.15) is 0 Å². The molecule has 1 atom stereocenters. The Morgan fingerprint density at radius 2 is 1.96 bits per heavy atom. The van der Waals surface area contributed by atoms with Crippen LogP contribution in [0.25, 0.3) is 11.1 Å². The summed E-state index contributed by atoms with van der Waals surface area (Å²) in [5, 5.41) is 15.9. The van der Waals surface area contributed by atoms with E-state index in [1.54, 1.807) is 29.6 Å². The van der Waals surface area contributed by atoms with E-state index in [1.807, 2.05) is 24.3 Å². The Kier molecular flexibility index (Phi) is 4.59. The number of carboxylic acids is 1. The summed E-state index contributed by atoms with van der Waals surface area (Å²) in [5.41, 5.74) is 3.49. The fourth-order valence-corrected chi connectivity index (χ4v) is 4.51. The standard InChI is InChI=1S/C20H15ClN2O3S/c21-14-7-5-12(6-8-14)15-10-27-19(18(15)20(25)26)23(11-24)17-9-13-3-1-2-4-16(13)22-17/h1-8,10-11,17,22H,9H2,(H,25,26). The van der Waals surface area contributed by atoms with E-state index >= 15 is 0 Å². The second kappa shape index (κ2) is 7.06. The molecule has 1 aromatic heterocycles. The van der Waals surface area contributed by atoms with Crippen molar-refractivity contribution in [3.05, 3.63) is 70.1 Å². The molecular formula is C20H15ClN2O3S. The van der Waals surface area contributed by atoms with E-state index in [0.29, 0.717) is 28.4 Å². The summed E-state index contributed by atoms with van der Waals surface area (Å²) in [6, 6.07) is 14.8. The number of carboxylic acid groups (broad SMARTS) is 1. The lowest BCUT2D eigenvalue weighted by Gasteiger charge is -2.24. The number of aromatic carboxylic acids is 1. The van der Waals surface area contributed by atoms with Crippen LogP contribution in [0.15, 0.2) is 53.9 Å². The lowest BCUT2D eigenvalue weighted by atomic mass is 10.0. The molecule has 0 saturated carbocycles. The van der Waals surface area contributed by atoms with Crippen LogP contribution in [0.1, 0.15) is 15.9 Å². The maximum Gasteiger partial charge on any atom is 0.339 e. The molecule has 27 heavy (non-hydrogen) atoms. The summed E-state index contributed by atoms with van der Waals surface area (Å²) >= 11 is 7.18. The van der Waals surface area contributed by atoms with Crippen molar-refractivity contribution in [1.82, 2.24) is 0 Å². The summed E-state index contributed by atoms with van der Waals surface area (Å²) in [5.74, 6) is -1.07. The first-order valence-electron chi connectivity index (χ1n) is 8.27. The summed E-state index contributed by atoms with van der Waals surface area (Å²) < 4.78 is 0. The molecule has 3 aromatic rings. The van der Waals surface area contributed by atoms with Crippen LogP contribution in [0.5, 0.6) is 0 Å². The third-order valence-corrected chi connectivity index (χ3v) is 5.82. The van der Waals surface area contributed by atoms with E-state index in [0.717, 1.165) is 16.8 Å². The predicted molar refractivity (Wildman–Crippen MR) is 108 cm³/mol. The van der Waals surface area contributed by atoms with Crippen molar-refractivity contribution in [2.75, 3.05) is 10.2 Å². The Hall–Kier alpha value is -2.83. The molecule has 0 radical (unpaired) electrons. The fraction of sp³-hybridized carbons (Fsp3) is 0.100. The average molecular weight is 399 g/mol. The topological polar surface area (TPSA) is 69.6 Å². The summed E-state index contributed by atoms with van der Waals surface area (Å²) in [4.78, 5) is 25.4. The van der Waals surface area contributed by atoms with Gasteiger partial charge in [-0.05, 0) is 29.3 Å². The molecule has 0 fully saturated rings. The zero-order valence-electron chi connectivity index (χ0n) is 14.1. The molecule has 4 rings (SSSR count). The molecule has 0 saturated heterocycles. The van der Waals surface area contributed by atoms with Gasteiger partial charge in [0.25, 0.3) is 0 Å². The van der Waals surface area contributed by atoms with E-state index < -0.39 is 5.97 Å². The molecule has 0 aliphatic carbocycles. The van der Waals surface area contributed by atoms with Gasteiger partial charge in [0.1, 0.15) is 16.7 Å². The number of nitrogens with one attached hydrogen (secondary N) is 1. The second-order valence-corrected chi connectivity index (χ2v) is 7.47. The van der Waals surface area contributed by atoms with E-state index in [4.69, 9.17) is 11.6 Å². The van der Waals surface area contributed by atoms with Crippen molar-refractivity contribution in [3.8, 4) is 11.1 Å². The number of hydrogen-bond acceptors (Lipinski definition) is 4. The first kappa shape index (κ1) is 17.6. The Morgan fingerprint density at radius 3 is 2.63 bits per heavy atom. The van der Waals surface area contributed by atoms with Gasteiger partial charge < -0.3 is 10.4 Å². The number of rotatable bonds is 5. The minimum Gasteiger partial charge on any atom is -0.478 e. The molecule has 2 aromatic carbocycles. The highest BCUT2D eigenvalue weighted by Gasteiger charge is 2.31. The van der Waals surface area contributed by atoms with Crippen molar-refractivity contribution in [3.63, 3.8) is 0 Å². The Bertz CT molecular complexity index is 991. The first-order chi connectivity index (χ1) is 13.1. The highest BCUT2D eigenvalue weighted by Crippen LogP contribution is 2.40. The normalized spacial score (nSPS) is 15.1. The Morgan fingerprint density at radius 1 is 1.22 bits per heavy atom. The molecule has 0 spiro atoms. The molecule has 1 amide bonds. The van der Waals surface area contributed by atoms with E-state index in [-0.39, 0.29) is 11.7 Å². The number of hydrogen-bond donors (Lipinski definition) is 2. The van der Waals surface area contributed by atoms with Crippen LogP contribution in [-0.4, -0.2) is 23.7 Å². The number of halogens is 1. The summed E-state index contributed by atoms with van der Waals surface area (Å²) in [7, 11) is 0. The van der Waals surface area contributed by atoms with Crippen molar-refractivity contribution < 1.29 is 14.7 Å². The van der Waals surface area contributed by atoms with E-state index in [2.05, 4.69) is 5.32 Å². The molecule has 1 aliphatic rings. The molecule has 5 nitrogen and oxygen atoms in total. The average Bonchev–Trinajstić information content (AvgIpc) is 3.27. The van der Waals surface area contributed by atoms with Gasteiger partial charge in [-0.1, -0.05) is 41.9 Å². The maximum absolute atomic E-state index is 12.0. The minimum absolute atomic E-state index is 0.118.